The van der Waals surface area contributed by atoms with E-state index in [1.54, 1.807) is 18.2 Å². The van der Waals surface area contributed by atoms with Crippen LogP contribution < -0.4 is 4.90 Å². The Morgan fingerprint density at radius 1 is 1.09 bits per heavy atom. The van der Waals surface area contributed by atoms with Crippen LogP contribution in [0.5, 0.6) is 0 Å². The van der Waals surface area contributed by atoms with E-state index < -0.39 is 26.9 Å². The fourth-order valence-corrected chi connectivity index (χ4v) is 5.44. The van der Waals surface area contributed by atoms with Gasteiger partial charge in [0, 0.05) is 15.7 Å². The molecule has 0 N–H and O–H groups in total. The molecular formula is C17H16BrNO3S. The molecule has 1 amide bonds. The smallest absolute Gasteiger partial charge is 0.243 e. The van der Waals surface area contributed by atoms with E-state index in [9.17, 15) is 13.2 Å². The largest absolute Gasteiger partial charge is 0.290 e. The number of carbonyl (C=O) groups is 1. The van der Waals surface area contributed by atoms with Crippen molar-refractivity contribution < 1.29 is 13.2 Å². The van der Waals surface area contributed by atoms with Gasteiger partial charge >= 0.3 is 0 Å². The summed E-state index contributed by atoms with van der Waals surface area (Å²) in [6, 6.07) is 12.8. The van der Waals surface area contributed by atoms with E-state index in [1.807, 2.05) is 38.1 Å². The summed E-state index contributed by atoms with van der Waals surface area (Å²) < 4.78 is 25.9. The summed E-state index contributed by atoms with van der Waals surface area (Å²) in [5, 5.41) is -0.994. The molecule has 2 aromatic rings. The molecular weight excluding hydrogens is 378 g/mol. The first-order chi connectivity index (χ1) is 10.8. The Morgan fingerprint density at radius 3 is 2.30 bits per heavy atom. The average Bonchev–Trinajstić information content (AvgIpc) is 2.67. The van der Waals surface area contributed by atoms with E-state index in [2.05, 4.69) is 15.9 Å². The lowest BCUT2D eigenvalue weighted by Gasteiger charge is -2.25. The zero-order chi connectivity index (χ0) is 16.8. The third-order valence-electron chi connectivity index (χ3n) is 3.82. The predicted molar refractivity (Wildman–Crippen MR) is 94.1 cm³/mol. The minimum atomic E-state index is -3.59. The van der Waals surface area contributed by atoms with E-state index in [0.29, 0.717) is 15.7 Å². The van der Waals surface area contributed by atoms with Gasteiger partial charge in [0.25, 0.3) is 0 Å². The second kappa shape index (κ2) is 5.76. The van der Waals surface area contributed by atoms with Gasteiger partial charge < -0.3 is 0 Å². The number of hydrogen-bond acceptors (Lipinski definition) is 3. The zero-order valence-corrected chi connectivity index (χ0v) is 15.2. The highest BCUT2D eigenvalue weighted by Gasteiger charge is 2.46. The van der Waals surface area contributed by atoms with Gasteiger partial charge in [-0.3, -0.25) is 9.69 Å². The number of nitrogens with zero attached hydrogens (tertiary/aromatic N) is 1. The molecule has 0 saturated carbocycles. The molecule has 0 bridgehead atoms. The lowest BCUT2D eigenvalue weighted by atomic mass is 10.1. The van der Waals surface area contributed by atoms with Crippen LogP contribution in [-0.2, 0) is 14.6 Å². The van der Waals surface area contributed by atoms with Crippen LogP contribution in [0, 0.1) is 13.8 Å². The molecule has 1 atom stereocenters. The van der Waals surface area contributed by atoms with Gasteiger partial charge in [0.1, 0.15) is 5.75 Å². The number of hydrogen-bond donors (Lipinski definition) is 0. The molecule has 1 heterocycles. The highest BCUT2D eigenvalue weighted by atomic mass is 79.9. The highest BCUT2D eigenvalue weighted by molar-refractivity contribution is 9.10. The molecule has 0 aliphatic carbocycles. The Kier molecular flexibility index (Phi) is 4.06. The first kappa shape index (κ1) is 16.2. The van der Waals surface area contributed by atoms with Crippen molar-refractivity contribution in [1.29, 1.82) is 0 Å². The van der Waals surface area contributed by atoms with Gasteiger partial charge in [-0.05, 0) is 43.2 Å². The number of rotatable bonds is 2. The summed E-state index contributed by atoms with van der Waals surface area (Å²) in [4.78, 5) is 13.8. The Labute approximate surface area is 144 Å². The maximum absolute atomic E-state index is 12.6. The quantitative estimate of drug-likeness (QED) is 0.783. The molecule has 6 heteroatoms. The van der Waals surface area contributed by atoms with Crippen LogP contribution in [0.2, 0.25) is 0 Å². The third-order valence-corrected chi connectivity index (χ3v) is 6.34. The predicted octanol–water partition coefficient (Wildman–Crippen LogP) is 3.53. The lowest BCUT2D eigenvalue weighted by Crippen LogP contribution is -2.29. The van der Waals surface area contributed by atoms with Gasteiger partial charge in [-0.2, -0.15) is 0 Å². The van der Waals surface area contributed by atoms with Crippen molar-refractivity contribution in [3.05, 3.63) is 63.6 Å². The zero-order valence-electron chi connectivity index (χ0n) is 12.8. The van der Waals surface area contributed by atoms with E-state index >= 15 is 0 Å². The fraction of sp³-hybridized carbons (Fsp3) is 0.235. The molecule has 0 radical (unpaired) electrons. The first-order valence-electron chi connectivity index (χ1n) is 7.16. The summed E-state index contributed by atoms with van der Waals surface area (Å²) in [6.07, 6.45) is 0. The summed E-state index contributed by atoms with van der Waals surface area (Å²) in [6.45, 7) is 3.86. The third kappa shape index (κ3) is 2.93. The molecule has 1 fully saturated rings. The van der Waals surface area contributed by atoms with E-state index in [4.69, 9.17) is 0 Å². The molecule has 3 rings (SSSR count). The van der Waals surface area contributed by atoms with Crippen LogP contribution >= 0.6 is 15.9 Å². The van der Waals surface area contributed by atoms with Crippen molar-refractivity contribution in [2.75, 3.05) is 10.7 Å². The molecule has 1 unspecified atom stereocenters. The summed E-state index contributed by atoms with van der Waals surface area (Å²) in [5.41, 5.74) is 3.18. The topological polar surface area (TPSA) is 54.5 Å². The molecule has 23 heavy (non-hydrogen) atoms. The Bertz CT molecular complexity index is 872. The second-order valence-electron chi connectivity index (χ2n) is 5.79. The van der Waals surface area contributed by atoms with E-state index in [1.165, 1.54) is 4.90 Å². The van der Waals surface area contributed by atoms with Gasteiger partial charge in [-0.15, -0.1) is 0 Å². The van der Waals surface area contributed by atoms with Crippen LogP contribution in [0.1, 0.15) is 22.1 Å². The summed E-state index contributed by atoms with van der Waals surface area (Å²) in [7, 11) is -3.59. The van der Waals surface area contributed by atoms with Gasteiger partial charge in [-0.25, -0.2) is 8.42 Å². The van der Waals surface area contributed by atoms with Crippen LogP contribution in [0.15, 0.2) is 46.9 Å². The molecule has 2 aromatic carbocycles. The van der Waals surface area contributed by atoms with Gasteiger partial charge in [0.2, 0.25) is 5.91 Å². The molecule has 1 aliphatic heterocycles. The molecule has 1 saturated heterocycles. The Balaban J connectivity index is 2.21. The van der Waals surface area contributed by atoms with E-state index in [0.717, 1.165) is 11.1 Å². The summed E-state index contributed by atoms with van der Waals surface area (Å²) >= 11 is 3.40. The van der Waals surface area contributed by atoms with Gasteiger partial charge in [0.15, 0.2) is 15.2 Å². The van der Waals surface area contributed by atoms with Crippen molar-refractivity contribution in [2.45, 2.75) is 19.2 Å². The monoisotopic (exact) mass is 393 g/mol. The standard InChI is InChI=1S/C17H16BrNO3S/c1-11-7-12(2)9-13(8-11)19-16(20)10-23(21,22)17(19)14-5-3-4-6-15(14)18/h3-9,17H,10H2,1-2H3. The number of benzene rings is 2. The minimum absolute atomic E-state index is 0.393. The SMILES string of the molecule is Cc1cc(C)cc(N2C(=O)CS(=O)(=O)C2c2ccccc2Br)c1. The van der Waals surface area contributed by atoms with Crippen LogP contribution in [0.25, 0.3) is 0 Å². The number of carbonyl (C=O) groups excluding carboxylic acids is 1. The van der Waals surface area contributed by atoms with Crippen molar-refractivity contribution in [2.24, 2.45) is 0 Å². The van der Waals surface area contributed by atoms with Crippen molar-refractivity contribution in [3.8, 4) is 0 Å². The molecule has 1 aliphatic rings. The molecule has 0 spiro atoms. The molecule has 120 valence electrons. The maximum Gasteiger partial charge on any atom is 0.243 e. The number of sulfone groups is 1. The number of amides is 1. The van der Waals surface area contributed by atoms with Gasteiger partial charge in [0.05, 0.1) is 0 Å². The fourth-order valence-electron chi connectivity index (χ4n) is 2.99. The van der Waals surface area contributed by atoms with Crippen LogP contribution in [0.3, 0.4) is 0 Å². The summed E-state index contributed by atoms with van der Waals surface area (Å²) in [5.74, 6) is -0.859. The molecule has 0 aromatic heterocycles. The van der Waals surface area contributed by atoms with Crippen molar-refractivity contribution in [1.82, 2.24) is 0 Å². The Hall–Kier alpha value is -1.66. The van der Waals surface area contributed by atoms with Crippen molar-refractivity contribution >= 4 is 37.4 Å². The van der Waals surface area contributed by atoms with Gasteiger partial charge in [-0.1, -0.05) is 40.2 Å². The van der Waals surface area contributed by atoms with Crippen LogP contribution in [-0.4, -0.2) is 20.1 Å². The van der Waals surface area contributed by atoms with Crippen LogP contribution in [0.4, 0.5) is 5.69 Å². The Morgan fingerprint density at radius 2 is 1.70 bits per heavy atom. The van der Waals surface area contributed by atoms with E-state index in [-0.39, 0.29) is 0 Å². The highest BCUT2D eigenvalue weighted by Crippen LogP contribution is 2.40. The lowest BCUT2D eigenvalue weighted by molar-refractivity contribution is -0.115. The first-order valence-corrected chi connectivity index (χ1v) is 9.67. The minimum Gasteiger partial charge on any atom is -0.290 e. The maximum atomic E-state index is 12.6. The average molecular weight is 394 g/mol. The number of anilines is 1. The normalized spacial score (nSPS) is 20.0. The second-order valence-corrected chi connectivity index (χ2v) is 8.71. The van der Waals surface area contributed by atoms with Crippen molar-refractivity contribution in [3.63, 3.8) is 0 Å². The number of halogens is 1. The number of aryl methyl sites for hydroxylation is 2. The molecule has 4 nitrogen and oxygen atoms in total.